The number of hydrogen-bond donors (Lipinski definition) is 1. The number of ether oxygens (including phenoxy) is 1. The molecule has 3 aromatic rings. The van der Waals surface area contributed by atoms with Gasteiger partial charge in [0.05, 0.1) is 10.6 Å². The summed E-state index contributed by atoms with van der Waals surface area (Å²) in [4.78, 5) is 7.18. The minimum Gasteiger partial charge on any atom is -0.482 e. The second-order valence-corrected chi connectivity index (χ2v) is 10.4. The van der Waals surface area contributed by atoms with Crippen LogP contribution in [-0.4, -0.2) is 64.3 Å². The Morgan fingerprint density at radius 3 is 2.53 bits per heavy atom. The van der Waals surface area contributed by atoms with Gasteiger partial charge in [0.15, 0.2) is 16.4 Å². The van der Waals surface area contributed by atoms with Crippen molar-refractivity contribution in [2.24, 2.45) is 0 Å². The third-order valence-corrected chi connectivity index (χ3v) is 7.99. The Hall–Kier alpha value is -2.98. The van der Waals surface area contributed by atoms with Crippen LogP contribution in [0.4, 0.5) is 18.9 Å². The predicted molar refractivity (Wildman–Crippen MR) is 126 cm³/mol. The van der Waals surface area contributed by atoms with Gasteiger partial charge in [-0.3, -0.25) is 0 Å². The van der Waals surface area contributed by atoms with Crippen LogP contribution in [0, 0.1) is 0 Å². The zero-order valence-corrected chi connectivity index (χ0v) is 19.5. The molecule has 2 aromatic carbocycles. The monoisotopic (exact) mass is 493 g/mol. The van der Waals surface area contributed by atoms with Crippen LogP contribution in [0.2, 0.25) is 0 Å². The van der Waals surface area contributed by atoms with Crippen LogP contribution in [0.5, 0.6) is 5.75 Å². The van der Waals surface area contributed by atoms with E-state index in [9.17, 15) is 21.6 Å². The number of alkyl halides is 3. The van der Waals surface area contributed by atoms with E-state index in [0.29, 0.717) is 29.9 Å². The first-order chi connectivity index (χ1) is 16.1. The largest absolute Gasteiger partial charge is 0.482 e. The summed E-state index contributed by atoms with van der Waals surface area (Å²) in [5.41, 5.74) is 1.55. The highest BCUT2D eigenvalue weighted by atomic mass is 32.2. The molecule has 6 nitrogen and oxygen atoms in total. The van der Waals surface area contributed by atoms with Crippen LogP contribution in [0.1, 0.15) is 10.8 Å². The van der Waals surface area contributed by atoms with E-state index in [1.165, 1.54) is 18.2 Å². The van der Waals surface area contributed by atoms with E-state index < -0.39 is 27.9 Å². The minimum atomic E-state index is -4.48. The topological polar surface area (TPSA) is 65.6 Å². The molecule has 34 heavy (non-hydrogen) atoms. The standard InChI is InChI=1S/C24H26F3N3O3S/c1-3-23(34(31,32)19-6-4-17-8-9-28-20(17)15-19)18-5-7-22(33-16-24(25,26)27)21(14-18)30-12-10-29(2)11-13-30/h3-9,14-15,23,28H,1,10-13,16H2,2H3. The van der Waals surface area contributed by atoms with E-state index in [0.717, 1.165) is 18.5 Å². The van der Waals surface area contributed by atoms with Crippen molar-refractivity contribution in [2.45, 2.75) is 16.3 Å². The van der Waals surface area contributed by atoms with Gasteiger partial charge in [0, 0.05) is 37.9 Å². The summed E-state index contributed by atoms with van der Waals surface area (Å²) in [5, 5.41) is -0.194. The van der Waals surface area contributed by atoms with Crippen LogP contribution >= 0.6 is 0 Å². The molecule has 0 amide bonds. The third-order valence-electron chi connectivity index (χ3n) is 5.95. The normalized spacial score (nSPS) is 16.5. The highest BCUT2D eigenvalue weighted by molar-refractivity contribution is 7.91. The first kappa shape index (κ1) is 24.2. The van der Waals surface area contributed by atoms with Crippen molar-refractivity contribution in [3.05, 3.63) is 66.9 Å². The minimum absolute atomic E-state index is 0.0682. The average Bonchev–Trinajstić information content (AvgIpc) is 3.26. The first-order valence-electron chi connectivity index (χ1n) is 10.8. The molecule has 1 unspecified atom stereocenters. The Balaban J connectivity index is 1.72. The molecule has 10 heteroatoms. The van der Waals surface area contributed by atoms with Gasteiger partial charge < -0.3 is 19.5 Å². The molecule has 1 aliphatic rings. The second kappa shape index (κ2) is 9.34. The third kappa shape index (κ3) is 5.07. The summed E-state index contributed by atoms with van der Waals surface area (Å²) in [5.74, 6) is 0.0682. The maximum absolute atomic E-state index is 13.5. The van der Waals surface area contributed by atoms with Crippen molar-refractivity contribution in [3.63, 3.8) is 0 Å². The number of nitrogens with one attached hydrogen (secondary N) is 1. The average molecular weight is 494 g/mol. The summed E-state index contributed by atoms with van der Waals surface area (Å²) < 4.78 is 70.6. The van der Waals surface area contributed by atoms with Crippen molar-refractivity contribution in [2.75, 3.05) is 44.7 Å². The highest BCUT2D eigenvalue weighted by Gasteiger charge is 2.31. The van der Waals surface area contributed by atoms with Crippen LogP contribution in [0.25, 0.3) is 10.9 Å². The van der Waals surface area contributed by atoms with Gasteiger partial charge in [0.1, 0.15) is 11.0 Å². The molecule has 0 bridgehead atoms. The molecule has 182 valence electrons. The Bertz CT molecular complexity index is 1280. The van der Waals surface area contributed by atoms with E-state index in [2.05, 4.69) is 16.5 Å². The predicted octanol–water partition coefficient (Wildman–Crippen LogP) is 4.56. The fraction of sp³-hybridized carbons (Fsp3) is 0.333. The van der Waals surface area contributed by atoms with E-state index in [1.54, 1.807) is 30.5 Å². The number of H-pyrrole nitrogens is 1. The maximum Gasteiger partial charge on any atom is 0.422 e. The molecule has 1 atom stereocenters. The number of rotatable bonds is 7. The molecule has 0 spiro atoms. The van der Waals surface area contributed by atoms with Gasteiger partial charge in [-0.25, -0.2) is 8.42 Å². The molecule has 1 aromatic heterocycles. The lowest BCUT2D eigenvalue weighted by atomic mass is 10.1. The summed E-state index contributed by atoms with van der Waals surface area (Å²) in [6.45, 7) is 4.92. The van der Waals surface area contributed by atoms with E-state index in [-0.39, 0.29) is 10.6 Å². The lowest BCUT2D eigenvalue weighted by molar-refractivity contribution is -0.153. The molecular formula is C24H26F3N3O3S. The lowest BCUT2D eigenvalue weighted by Crippen LogP contribution is -2.44. The zero-order valence-electron chi connectivity index (χ0n) is 18.7. The van der Waals surface area contributed by atoms with Crippen molar-refractivity contribution >= 4 is 26.4 Å². The second-order valence-electron chi connectivity index (χ2n) is 8.35. The maximum atomic E-state index is 13.5. The number of anilines is 1. The van der Waals surface area contributed by atoms with E-state index in [4.69, 9.17) is 4.74 Å². The molecule has 4 rings (SSSR count). The number of aromatic amines is 1. The van der Waals surface area contributed by atoms with Gasteiger partial charge in [0.2, 0.25) is 0 Å². The number of sulfone groups is 1. The number of piperazine rings is 1. The Morgan fingerprint density at radius 2 is 1.85 bits per heavy atom. The number of halogens is 3. The van der Waals surface area contributed by atoms with Crippen molar-refractivity contribution in [3.8, 4) is 5.75 Å². The van der Waals surface area contributed by atoms with Gasteiger partial charge in [0.25, 0.3) is 0 Å². The fourth-order valence-corrected chi connectivity index (χ4v) is 5.67. The molecule has 0 radical (unpaired) electrons. The number of likely N-dealkylation sites (N-methyl/N-ethyl adjacent to an activating group) is 1. The lowest BCUT2D eigenvalue weighted by Gasteiger charge is -2.35. The molecule has 1 aliphatic heterocycles. The SMILES string of the molecule is C=CC(c1ccc(OCC(F)(F)F)c(N2CCN(C)CC2)c1)S(=O)(=O)c1ccc2cc[nH]c2c1. The highest BCUT2D eigenvalue weighted by Crippen LogP contribution is 2.38. The molecular weight excluding hydrogens is 467 g/mol. The number of hydrogen-bond acceptors (Lipinski definition) is 5. The van der Waals surface area contributed by atoms with Gasteiger partial charge in [-0.05, 0) is 48.3 Å². The van der Waals surface area contributed by atoms with Crippen molar-refractivity contribution in [1.29, 1.82) is 0 Å². The number of nitrogens with zero attached hydrogens (tertiary/aromatic N) is 2. The van der Waals surface area contributed by atoms with Crippen molar-refractivity contribution < 1.29 is 26.3 Å². The molecule has 1 saturated heterocycles. The fourth-order valence-electron chi connectivity index (χ4n) is 4.08. The number of fused-ring (bicyclic) bond motifs is 1. The van der Waals surface area contributed by atoms with Crippen molar-refractivity contribution in [1.82, 2.24) is 9.88 Å². The quantitative estimate of drug-likeness (QED) is 0.489. The molecule has 0 aliphatic carbocycles. The number of benzene rings is 2. The summed E-state index contributed by atoms with van der Waals surface area (Å²) in [6.07, 6.45) is -1.41. The first-order valence-corrected chi connectivity index (χ1v) is 12.3. The van der Waals surface area contributed by atoms with Gasteiger partial charge in [-0.15, -0.1) is 6.58 Å². The van der Waals surface area contributed by atoms with E-state index in [1.807, 2.05) is 18.0 Å². The summed E-state index contributed by atoms with van der Waals surface area (Å²) >= 11 is 0. The number of aromatic nitrogens is 1. The van der Waals surface area contributed by atoms with Gasteiger partial charge in [-0.1, -0.05) is 18.2 Å². The van der Waals surface area contributed by atoms with Crippen LogP contribution in [0.3, 0.4) is 0 Å². The molecule has 0 saturated carbocycles. The molecule has 2 heterocycles. The van der Waals surface area contributed by atoms with Crippen LogP contribution < -0.4 is 9.64 Å². The zero-order chi connectivity index (χ0) is 24.5. The Morgan fingerprint density at radius 1 is 1.12 bits per heavy atom. The van der Waals surface area contributed by atoms with Gasteiger partial charge >= 0.3 is 6.18 Å². The smallest absolute Gasteiger partial charge is 0.422 e. The molecule has 1 N–H and O–H groups in total. The summed E-state index contributed by atoms with van der Waals surface area (Å²) in [6, 6.07) is 11.2. The van der Waals surface area contributed by atoms with Gasteiger partial charge in [-0.2, -0.15) is 13.2 Å². The Labute approximate surface area is 196 Å². The van der Waals surface area contributed by atoms with Crippen LogP contribution in [-0.2, 0) is 9.84 Å². The van der Waals surface area contributed by atoms with Crippen LogP contribution in [0.15, 0.2) is 66.2 Å². The molecule has 1 fully saturated rings. The Kier molecular flexibility index (Phi) is 6.64. The van der Waals surface area contributed by atoms with E-state index >= 15 is 0 Å². The summed E-state index contributed by atoms with van der Waals surface area (Å²) in [7, 11) is -1.90.